The van der Waals surface area contributed by atoms with Crippen LogP contribution >= 0.6 is 0 Å². The van der Waals surface area contributed by atoms with Crippen molar-refractivity contribution in [1.82, 2.24) is 5.32 Å². The highest BCUT2D eigenvalue weighted by atomic mass is 16.5. The van der Waals surface area contributed by atoms with Gasteiger partial charge >= 0.3 is 0 Å². The number of anilines is 1. The molecule has 0 aliphatic rings. The number of hydrogen-bond acceptors (Lipinski definition) is 3. The molecule has 1 N–H and O–H groups in total. The molecule has 0 saturated carbocycles. The van der Waals surface area contributed by atoms with Gasteiger partial charge in [-0.3, -0.25) is 0 Å². The van der Waals surface area contributed by atoms with Crippen LogP contribution in [-0.2, 0) is 6.54 Å². The standard InChI is InChI=1S/C18H24N2O/c1-5-19-13-15-12-17(21-4)10-11-18(15)14-6-8-16(9-7-14)20(2)3/h6-12,19H,5,13H2,1-4H3. The summed E-state index contributed by atoms with van der Waals surface area (Å²) < 4.78 is 5.34. The summed E-state index contributed by atoms with van der Waals surface area (Å²) in [5.41, 5.74) is 4.95. The first kappa shape index (κ1) is 15.4. The second-order valence-electron chi connectivity index (χ2n) is 5.24. The summed E-state index contributed by atoms with van der Waals surface area (Å²) in [6.07, 6.45) is 0. The van der Waals surface area contributed by atoms with Gasteiger partial charge in [-0.05, 0) is 47.5 Å². The van der Waals surface area contributed by atoms with E-state index in [0.29, 0.717) is 0 Å². The van der Waals surface area contributed by atoms with Crippen molar-refractivity contribution < 1.29 is 4.74 Å². The Morgan fingerprint density at radius 2 is 1.76 bits per heavy atom. The van der Waals surface area contributed by atoms with Crippen molar-refractivity contribution >= 4 is 5.69 Å². The average Bonchev–Trinajstić information content (AvgIpc) is 2.52. The van der Waals surface area contributed by atoms with E-state index in [1.807, 2.05) is 6.07 Å². The molecule has 21 heavy (non-hydrogen) atoms. The van der Waals surface area contributed by atoms with Gasteiger partial charge in [0, 0.05) is 26.3 Å². The van der Waals surface area contributed by atoms with E-state index >= 15 is 0 Å². The third kappa shape index (κ3) is 3.76. The highest BCUT2D eigenvalue weighted by molar-refractivity contribution is 5.70. The van der Waals surface area contributed by atoms with Gasteiger partial charge in [-0.15, -0.1) is 0 Å². The van der Waals surface area contributed by atoms with Gasteiger partial charge in [0.1, 0.15) is 5.75 Å². The number of nitrogens with zero attached hydrogens (tertiary/aromatic N) is 1. The fraction of sp³-hybridized carbons (Fsp3) is 0.333. The van der Waals surface area contributed by atoms with Crippen LogP contribution in [0, 0.1) is 0 Å². The molecular formula is C18H24N2O. The summed E-state index contributed by atoms with van der Waals surface area (Å²) in [5.74, 6) is 0.900. The second-order valence-corrected chi connectivity index (χ2v) is 5.24. The Kier molecular flexibility index (Phi) is 5.23. The minimum atomic E-state index is 0.846. The van der Waals surface area contributed by atoms with Gasteiger partial charge in [0.25, 0.3) is 0 Å². The molecule has 3 heteroatoms. The molecule has 0 unspecified atom stereocenters. The zero-order valence-electron chi connectivity index (χ0n) is 13.3. The molecule has 0 saturated heterocycles. The highest BCUT2D eigenvalue weighted by Crippen LogP contribution is 2.28. The Balaban J connectivity index is 2.36. The van der Waals surface area contributed by atoms with E-state index in [-0.39, 0.29) is 0 Å². The van der Waals surface area contributed by atoms with Crippen molar-refractivity contribution in [3.8, 4) is 16.9 Å². The molecule has 0 aromatic heterocycles. The third-order valence-corrected chi connectivity index (χ3v) is 3.57. The van der Waals surface area contributed by atoms with E-state index < -0.39 is 0 Å². The van der Waals surface area contributed by atoms with Crippen molar-refractivity contribution in [2.45, 2.75) is 13.5 Å². The first-order valence-electron chi connectivity index (χ1n) is 7.31. The molecule has 0 aliphatic carbocycles. The summed E-state index contributed by atoms with van der Waals surface area (Å²) in [5, 5.41) is 3.39. The van der Waals surface area contributed by atoms with Crippen molar-refractivity contribution in [2.75, 3.05) is 32.6 Å². The maximum Gasteiger partial charge on any atom is 0.119 e. The Morgan fingerprint density at radius 3 is 2.33 bits per heavy atom. The lowest BCUT2D eigenvalue weighted by Crippen LogP contribution is -2.12. The number of rotatable bonds is 6. The van der Waals surface area contributed by atoms with Gasteiger partial charge in [0.05, 0.1) is 7.11 Å². The Hall–Kier alpha value is -2.00. The van der Waals surface area contributed by atoms with Gasteiger partial charge in [-0.1, -0.05) is 25.1 Å². The fourth-order valence-corrected chi connectivity index (χ4v) is 2.32. The highest BCUT2D eigenvalue weighted by Gasteiger charge is 2.07. The third-order valence-electron chi connectivity index (χ3n) is 3.57. The topological polar surface area (TPSA) is 24.5 Å². The summed E-state index contributed by atoms with van der Waals surface area (Å²) in [6.45, 7) is 3.92. The zero-order chi connectivity index (χ0) is 15.2. The quantitative estimate of drug-likeness (QED) is 0.878. The van der Waals surface area contributed by atoms with E-state index in [2.05, 4.69) is 67.6 Å². The van der Waals surface area contributed by atoms with Crippen molar-refractivity contribution in [1.29, 1.82) is 0 Å². The Morgan fingerprint density at radius 1 is 1.05 bits per heavy atom. The first-order valence-corrected chi connectivity index (χ1v) is 7.31. The minimum absolute atomic E-state index is 0.846. The molecule has 2 aromatic rings. The van der Waals surface area contributed by atoms with Crippen LogP contribution in [0.5, 0.6) is 5.75 Å². The largest absolute Gasteiger partial charge is 0.497 e. The minimum Gasteiger partial charge on any atom is -0.497 e. The van der Waals surface area contributed by atoms with Crippen LogP contribution in [0.3, 0.4) is 0 Å². The van der Waals surface area contributed by atoms with E-state index in [4.69, 9.17) is 4.74 Å². The van der Waals surface area contributed by atoms with Crippen LogP contribution in [0.25, 0.3) is 11.1 Å². The van der Waals surface area contributed by atoms with Crippen LogP contribution in [-0.4, -0.2) is 27.7 Å². The molecule has 2 aromatic carbocycles. The van der Waals surface area contributed by atoms with Gasteiger partial charge in [0.2, 0.25) is 0 Å². The van der Waals surface area contributed by atoms with Crippen molar-refractivity contribution in [3.05, 3.63) is 48.0 Å². The van der Waals surface area contributed by atoms with E-state index in [1.165, 1.54) is 22.4 Å². The van der Waals surface area contributed by atoms with Crippen LogP contribution in [0.2, 0.25) is 0 Å². The molecule has 0 bridgehead atoms. The maximum atomic E-state index is 5.34. The predicted molar refractivity (Wildman–Crippen MR) is 90.1 cm³/mol. The molecule has 0 amide bonds. The zero-order valence-corrected chi connectivity index (χ0v) is 13.3. The van der Waals surface area contributed by atoms with Gasteiger partial charge < -0.3 is 15.0 Å². The molecule has 0 aliphatic heterocycles. The average molecular weight is 284 g/mol. The van der Waals surface area contributed by atoms with Crippen molar-refractivity contribution in [2.24, 2.45) is 0 Å². The van der Waals surface area contributed by atoms with Gasteiger partial charge in [-0.25, -0.2) is 0 Å². The van der Waals surface area contributed by atoms with Crippen LogP contribution < -0.4 is 15.0 Å². The molecule has 112 valence electrons. The molecular weight excluding hydrogens is 260 g/mol. The van der Waals surface area contributed by atoms with Crippen LogP contribution in [0.4, 0.5) is 5.69 Å². The first-order chi connectivity index (χ1) is 10.2. The lowest BCUT2D eigenvalue weighted by molar-refractivity contribution is 0.414. The Bertz CT molecular complexity index is 576. The smallest absolute Gasteiger partial charge is 0.119 e. The SMILES string of the molecule is CCNCc1cc(OC)ccc1-c1ccc(N(C)C)cc1. The Labute approximate surface area is 127 Å². The molecule has 3 nitrogen and oxygen atoms in total. The van der Waals surface area contributed by atoms with Gasteiger partial charge in [0.15, 0.2) is 0 Å². The molecule has 0 spiro atoms. The molecule has 0 fully saturated rings. The van der Waals surface area contributed by atoms with E-state index in [1.54, 1.807) is 7.11 Å². The lowest BCUT2D eigenvalue weighted by Gasteiger charge is -2.15. The number of nitrogens with one attached hydrogen (secondary N) is 1. The molecule has 0 heterocycles. The van der Waals surface area contributed by atoms with E-state index in [0.717, 1.165) is 18.8 Å². The monoisotopic (exact) mass is 284 g/mol. The summed E-state index contributed by atoms with van der Waals surface area (Å²) in [7, 11) is 5.82. The summed E-state index contributed by atoms with van der Waals surface area (Å²) in [4.78, 5) is 2.11. The number of methoxy groups -OCH3 is 1. The summed E-state index contributed by atoms with van der Waals surface area (Å²) >= 11 is 0. The lowest BCUT2D eigenvalue weighted by atomic mass is 9.99. The molecule has 2 rings (SSSR count). The molecule has 0 atom stereocenters. The number of ether oxygens (including phenoxy) is 1. The number of hydrogen-bond donors (Lipinski definition) is 1. The maximum absolute atomic E-state index is 5.34. The predicted octanol–water partition coefficient (Wildman–Crippen LogP) is 3.54. The van der Waals surface area contributed by atoms with Gasteiger partial charge in [-0.2, -0.15) is 0 Å². The van der Waals surface area contributed by atoms with E-state index in [9.17, 15) is 0 Å². The second kappa shape index (κ2) is 7.14. The fourth-order valence-electron chi connectivity index (χ4n) is 2.32. The normalized spacial score (nSPS) is 10.5. The van der Waals surface area contributed by atoms with Crippen molar-refractivity contribution in [3.63, 3.8) is 0 Å². The summed E-state index contributed by atoms with van der Waals surface area (Å²) in [6, 6.07) is 14.9. The van der Waals surface area contributed by atoms with Crippen LogP contribution in [0.15, 0.2) is 42.5 Å². The molecule has 0 radical (unpaired) electrons. The number of benzene rings is 2. The van der Waals surface area contributed by atoms with Crippen LogP contribution in [0.1, 0.15) is 12.5 Å².